The van der Waals surface area contributed by atoms with Crippen LogP contribution in [0.25, 0.3) is 0 Å². The molecule has 4 atom stereocenters. The average molecular weight is 1000 g/mol. The molecule has 0 saturated carbocycles. The van der Waals surface area contributed by atoms with Gasteiger partial charge in [0.05, 0.1) is 135 Å². The van der Waals surface area contributed by atoms with E-state index in [1.54, 1.807) is 35.5 Å². The zero-order chi connectivity index (χ0) is 52.2. The lowest BCUT2D eigenvalue weighted by Crippen LogP contribution is -2.53. The lowest BCUT2D eigenvalue weighted by atomic mass is 9.82. The topological polar surface area (TPSA) is 209 Å². The van der Waals surface area contributed by atoms with Gasteiger partial charge in [-0.15, -0.1) is 0 Å². The molecule has 2 aliphatic heterocycles. The molecule has 0 saturated heterocycles. The van der Waals surface area contributed by atoms with Crippen LogP contribution in [0.5, 0.6) is 34.5 Å². The third-order valence-corrected chi connectivity index (χ3v) is 14.7. The van der Waals surface area contributed by atoms with Crippen molar-refractivity contribution in [2.75, 3.05) is 96.1 Å². The molecule has 2 aliphatic rings. The minimum atomic E-state index is -0.854. The van der Waals surface area contributed by atoms with Crippen LogP contribution in [0.1, 0.15) is 86.1 Å². The molecule has 4 unspecified atom stereocenters. The number of carbonyl (C=O) groups excluding carboxylic acids is 2. The summed E-state index contributed by atoms with van der Waals surface area (Å²) in [6.45, 7) is 1.41. The maximum absolute atomic E-state index is 12.8. The first kappa shape index (κ1) is 55.2. The van der Waals surface area contributed by atoms with Crippen LogP contribution in [0.4, 0.5) is 0 Å². The smallest absolute Gasteiger partial charge is 0.384 e. The maximum Gasteiger partial charge on any atom is 0.384 e. The lowest BCUT2D eigenvalue weighted by Gasteiger charge is -2.46. The first-order valence-corrected chi connectivity index (χ1v) is 24.2. The number of nitrogens with zero attached hydrogens (tertiary/aromatic N) is 2. The number of methoxy groups -OCH3 is 6. The summed E-state index contributed by atoms with van der Waals surface area (Å²) in [5.41, 5.74) is 8.73. The molecule has 0 fully saturated rings. The number of esters is 2. The highest BCUT2D eigenvalue weighted by Gasteiger charge is 2.43. The van der Waals surface area contributed by atoms with Gasteiger partial charge in [0.2, 0.25) is 0 Å². The molecule has 6 rings (SSSR count). The Morgan fingerprint density at radius 2 is 1.01 bits per heavy atom. The maximum atomic E-state index is 12.8. The molecular weight excluding hydrogens is 929 g/mol. The van der Waals surface area contributed by atoms with E-state index in [1.165, 1.54) is 7.11 Å². The molecule has 0 aromatic heterocycles. The van der Waals surface area contributed by atoms with Crippen molar-refractivity contribution < 1.29 is 82.0 Å². The number of hydrogen-bond acceptors (Lipinski definition) is 15. The number of fused-ring (bicyclic) bond motifs is 2. The molecule has 17 nitrogen and oxygen atoms in total. The number of quaternary nitrogens is 2. The third-order valence-electron chi connectivity index (χ3n) is 14.7. The molecule has 4 aromatic carbocycles. The molecule has 2 heterocycles. The average Bonchev–Trinajstić information content (AvgIpc) is 3.40. The van der Waals surface area contributed by atoms with Crippen LogP contribution in [-0.4, -0.2) is 143 Å². The number of carbonyl (C=O) groups is 2. The molecule has 0 bridgehead atoms. The number of likely N-dealkylation sites (N-methyl/N-ethyl adjacent to an activating group) is 2. The Balaban J connectivity index is 1.10. The van der Waals surface area contributed by atoms with Crippen LogP contribution in [0.15, 0.2) is 42.5 Å². The summed E-state index contributed by atoms with van der Waals surface area (Å²) in [6, 6.07) is 13.3. The van der Waals surface area contributed by atoms with Gasteiger partial charge in [-0.3, -0.25) is 0 Å². The van der Waals surface area contributed by atoms with Gasteiger partial charge in [0.1, 0.15) is 23.6 Å². The number of aliphatic hydroxyl groups excluding tert-OH is 5. The van der Waals surface area contributed by atoms with Gasteiger partial charge in [-0.1, -0.05) is 12.1 Å². The molecule has 0 spiro atoms. The highest BCUT2D eigenvalue weighted by atomic mass is 16.5. The summed E-state index contributed by atoms with van der Waals surface area (Å²) >= 11 is 0. The molecule has 72 heavy (non-hydrogen) atoms. The summed E-state index contributed by atoms with van der Waals surface area (Å²) in [5, 5.41) is 51.2. The van der Waals surface area contributed by atoms with Crippen LogP contribution in [0.2, 0.25) is 0 Å². The monoisotopic (exact) mass is 1000 g/mol. The van der Waals surface area contributed by atoms with Crippen molar-refractivity contribution in [1.82, 2.24) is 0 Å². The molecule has 0 aliphatic carbocycles. The zero-order valence-electron chi connectivity index (χ0n) is 42.9. The molecule has 0 amide bonds. The van der Waals surface area contributed by atoms with Gasteiger partial charge in [-0.05, 0) is 63.7 Å². The van der Waals surface area contributed by atoms with Gasteiger partial charge < -0.3 is 72.4 Å². The number of rotatable bonds is 23. The van der Waals surface area contributed by atoms with E-state index >= 15 is 0 Å². The lowest BCUT2D eigenvalue weighted by molar-refractivity contribution is -0.941. The summed E-state index contributed by atoms with van der Waals surface area (Å²) in [4.78, 5) is 25.7. The fourth-order valence-electron chi connectivity index (χ4n) is 10.8. The second kappa shape index (κ2) is 25.0. The van der Waals surface area contributed by atoms with Crippen molar-refractivity contribution in [3.63, 3.8) is 0 Å². The van der Waals surface area contributed by atoms with Gasteiger partial charge in [0.15, 0.2) is 23.0 Å². The van der Waals surface area contributed by atoms with E-state index in [4.69, 9.17) is 37.9 Å². The quantitative estimate of drug-likeness (QED) is 0.0230. The number of aliphatic hydroxyl groups is 5. The van der Waals surface area contributed by atoms with Crippen molar-refractivity contribution >= 4 is 11.9 Å². The van der Waals surface area contributed by atoms with E-state index in [0.717, 1.165) is 46.3 Å². The van der Waals surface area contributed by atoms with Gasteiger partial charge in [0, 0.05) is 72.6 Å². The van der Waals surface area contributed by atoms with E-state index in [9.17, 15) is 35.1 Å². The first-order valence-electron chi connectivity index (χ1n) is 24.2. The van der Waals surface area contributed by atoms with Crippen molar-refractivity contribution in [3.05, 3.63) is 104 Å². The van der Waals surface area contributed by atoms with Crippen LogP contribution in [0.3, 0.4) is 0 Å². The second-order valence-electron chi connectivity index (χ2n) is 18.8. The molecule has 390 valence electrons. The number of hydrogen-bond donors (Lipinski definition) is 5. The van der Waals surface area contributed by atoms with Gasteiger partial charge in [-0.25, -0.2) is 9.59 Å². The Morgan fingerprint density at radius 3 is 1.54 bits per heavy atom. The van der Waals surface area contributed by atoms with Crippen molar-refractivity contribution in [1.29, 1.82) is 0 Å². The highest BCUT2D eigenvalue weighted by molar-refractivity contribution is 5.98. The van der Waals surface area contributed by atoms with Gasteiger partial charge >= 0.3 is 11.9 Å². The predicted octanol–water partition coefficient (Wildman–Crippen LogP) is 4.34. The Morgan fingerprint density at radius 1 is 0.528 bits per heavy atom. The largest absolute Gasteiger partial charge is 0.496 e. The Hall–Kier alpha value is -6.10. The third kappa shape index (κ3) is 12.0. The van der Waals surface area contributed by atoms with E-state index in [2.05, 4.69) is 25.9 Å². The summed E-state index contributed by atoms with van der Waals surface area (Å²) in [7, 11) is 13.7. The predicted molar refractivity (Wildman–Crippen MR) is 266 cm³/mol. The standard InChI is InChI=1S/C55H72N2O15/c1-56(17-13-37-28-48(66-4)49(67-5)29-42(37)45(56)23-36-22-41(32-60)54(69-7)50(26-36)68-6)15-9-19-71-51(63)11-12-52(64)72-20-10-16-57(2)18-14-38-27-40(31-59)44(34-62)55(70-8)53(38)46(57)24-35-21-39(30-58)43(33-61)47(25-35)65-3/h21-22,25-29,45-46,58-62H,9-10,13-20,23-24,30-34H2,1-8H3/q+2. The fraction of sp³-hybridized carbons (Fsp3) is 0.491. The second-order valence-corrected chi connectivity index (χ2v) is 18.8. The van der Waals surface area contributed by atoms with Crippen LogP contribution in [-0.2, 0) is 77.8 Å². The van der Waals surface area contributed by atoms with Crippen LogP contribution in [0, 0.1) is 11.8 Å². The van der Waals surface area contributed by atoms with E-state index in [1.807, 2.05) is 42.5 Å². The Bertz CT molecular complexity index is 2570. The van der Waals surface area contributed by atoms with Crippen molar-refractivity contribution in [2.24, 2.45) is 0 Å². The molecule has 5 N–H and O–H groups in total. The van der Waals surface area contributed by atoms with Crippen molar-refractivity contribution in [3.8, 4) is 46.3 Å². The summed E-state index contributed by atoms with van der Waals surface area (Å²) < 4.78 is 46.3. The minimum Gasteiger partial charge on any atom is -0.496 e. The molecule has 0 radical (unpaired) electrons. The minimum absolute atomic E-state index is 0.0379. The molecule has 4 aromatic rings. The summed E-state index contributed by atoms with van der Waals surface area (Å²) in [6.07, 6.45) is 3.48. The van der Waals surface area contributed by atoms with E-state index in [-0.39, 0.29) is 58.3 Å². The summed E-state index contributed by atoms with van der Waals surface area (Å²) in [5.74, 6) is 6.13. The highest BCUT2D eigenvalue weighted by Crippen LogP contribution is 2.47. The van der Waals surface area contributed by atoms with Gasteiger partial charge in [0.25, 0.3) is 0 Å². The van der Waals surface area contributed by atoms with E-state index < -0.39 is 11.9 Å². The number of benzene rings is 4. The van der Waals surface area contributed by atoms with Crippen molar-refractivity contribution in [2.45, 2.75) is 83.6 Å². The van der Waals surface area contributed by atoms with Crippen LogP contribution < -0.4 is 28.4 Å². The Kier molecular flexibility index (Phi) is 19.2. The fourth-order valence-corrected chi connectivity index (χ4v) is 10.8. The SMILES string of the molecule is COc1cc2c(cc1OC)C(Cc1cc(CO)c(OC)c(OC)c1)[N+](C)(CCCOC(=O)C#CC(=O)OCCC[N+]1(C)CCc3cc(CO)c(CO)c(OC)c3C1Cc1cc(CO)c(CO)c(OC)c1)CC2. The number of ether oxygens (including phenoxy) is 8. The van der Waals surface area contributed by atoms with Gasteiger partial charge in [-0.2, -0.15) is 0 Å². The zero-order valence-corrected chi connectivity index (χ0v) is 42.9. The normalized spacial score (nSPS) is 19.0. The molecule has 17 heteroatoms. The van der Waals surface area contributed by atoms with Crippen LogP contribution >= 0.6 is 0 Å². The Labute approximate surface area is 422 Å². The first-order chi connectivity index (χ1) is 34.7. The molecular formula is C55H72N2O15+2. The van der Waals surface area contributed by atoms with E-state index in [0.29, 0.717) is 123 Å².